The van der Waals surface area contributed by atoms with E-state index >= 15 is 0 Å². The van der Waals surface area contributed by atoms with E-state index in [0.717, 1.165) is 10.5 Å². The van der Waals surface area contributed by atoms with Gasteiger partial charge in [0, 0.05) is 10.6 Å². The molecule has 0 spiro atoms. The molecule has 4 rings (SSSR count). The van der Waals surface area contributed by atoms with E-state index in [9.17, 15) is 14.4 Å². The second-order valence-electron chi connectivity index (χ2n) is 6.59. The first-order valence-electron chi connectivity index (χ1n) is 9.04. The van der Waals surface area contributed by atoms with Crippen molar-refractivity contribution in [1.29, 1.82) is 0 Å². The molecular weight excluding hydrogens is 390 g/mol. The smallest absolute Gasteiger partial charge is 0.338 e. The summed E-state index contributed by atoms with van der Waals surface area (Å²) in [6, 6.07) is 15.6. The highest BCUT2D eigenvalue weighted by Gasteiger charge is 2.42. The largest absolute Gasteiger partial charge is 0.456 e. The number of nitrogens with one attached hydrogen (secondary N) is 2. The third-order valence-electron chi connectivity index (χ3n) is 4.81. The topological polar surface area (TPSA) is 87.7 Å². The van der Waals surface area contributed by atoms with Crippen LogP contribution >= 0.6 is 11.8 Å². The summed E-state index contributed by atoms with van der Waals surface area (Å²) >= 11 is 1.61. The number of hydrogen-bond donors (Lipinski definition) is 2. The van der Waals surface area contributed by atoms with Gasteiger partial charge >= 0.3 is 12.0 Å². The van der Waals surface area contributed by atoms with Crippen molar-refractivity contribution < 1.29 is 19.1 Å². The third kappa shape index (κ3) is 3.84. The molecule has 0 saturated carbocycles. The van der Waals surface area contributed by atoms with Gasteiger partial charge in [0.15, 0.2) is 0 Å². The van der Waals surface area contributed by atoms with Crippen LogP contribution in [0.1, 0.15) is 11.6 Å². The number of rotatable bonds is 5. The summed E-state index contributed by atoms with van der Waals surface area (Å²) in [7, 11) is 0. The van der Waals surface area contributed by atoms with E-state index in [1.807, 2.05) is 36.6 Å². The van der Waals surface area contributed by atoms with Crippen molar-refractivity contribution in [3.8, 4) is 0 Å². The monoisotopic (exact) mass is 409 g/mol. The molecule has 148 valence electrons. The molecule has 1 atom stereocenters. The van der Waals surface area contributed by atoms with Crippen molar-refractivity contribution in [2.75, 3.05) is 24.7 Å². The molecule has 2 heterocycles. The first-order valence-corrected chi connectivity index (χ1v) is 10.3. The highest BCUT2D eigenvalue weighted by Crippen LogP contribution is 2.35. The SMILES string of the molecule is CSc1ccc([C@@H]2NC(=O)N(CC(=O)Nc3ccccc3)C3=C2C(=O)OC3)cc1. The second-order valence-corrected chi connectivity index (χ2v) is 7.47. The number of benzene rings is 2. The minimum atomic E-state index is -0.600. The van der Waals surface area contributed by atoms with Crippen LogP contribution in [0.25, 0.3) is 0 Å². The molecule has 8 heteroatoms. The van der Waals surface area contributed by atoms with Crippen LogP contribution in [0, 0.1) is 0 Å². The maximum Gasteiger partial charge on any atom is 0.338 e. The molecule has 0 radical (unpaired) electrons. The predicted molar refractivity (Wildman–Crippen MR) is 109 cm³/mol. The van der Waals surface area contributed by atoms with Crippen LogP contribution in [0.15, 0.2) is 70.8 Å². The number of esters is 1. The second kappa shape index (κ2) is 8.00. The van der Waals surface area contributed by atoms with Crippen molar-refractivity contribution in [3.63, 3.8) is 0 Å². The maximum atomic E-state index is 12.8. The van der Waals surface area contributed by atoms with Gasteiger partial charge in [-0.2, -0.15) is 0 Å². The van der Waals surface area contributed by atoms with Gasteiger partial charge in [-0.15, -0.1) is 11.8 Å². The molecular formula is C21H19N3O4S. The highest BCUT2D eigenvalue weighted by atomic mass is 32.2. The lowest BCUT2D eigenvalue weighted by molar-refractivity contribution is -0.136. The third-order valence-corrected chi connectivity index (χ3v) is 5.55. The van der Waals surface area contributed by atoms with Crippen LogP contribution in [-0.4, -0.2) is 42.2 Å². The summed E-state index contributed by atoms with van der Waals surface area (Å²) in [5.41, 5.74) is 2.22. The standard InChI is InChI=1S/C21H19N3O4S/c1-29-15-9-7-13(8-10-15)19-18-16(12-28-20(18)26)24(21(27)23-19)11-17(25)22-14-5-3-2-4-6-14/h2-10,19H,11-12H2,1H3,(H,22,25)(H,23,27)/t19-/m0/s1. The molecule has 0 bridgehead atoms. The number of cyclic esters (lactones) is 1. The van der Waals surface area contributed by atoms with E-state index in [-0.39, 0.29) is 19.1 Å². The van der Waals surface area contributed by atoms with Gasteiger partial charge in [0.1, 0.15) is 13.2 Å². The summed E-state index contributed by atoms with van der Waals surface area (Å²) in [5, 5.41) is 5.58. The Morgan fingerprint density at radius 1 is 1.17 bits per heavy atom. The molecule has 29 heavy (non-hydrogen) atoms. The van der Waals surface area contributed by atoms with Gasteiger partial charge in [-0.05, 0) is 36.1 Å². The summed E-state index contributed by atoms with van der Waals surface area (Å²) in [5.74, 6) is -0.840. The Labute approximate surface area is 172 Å². The van der Waals surface area contributed by atoms with Crippen LogP contribution in [0.3, 0.4) is 0 Å². The molecule has 0 unspecified atom stereocenters. The summed E-state index contributed by atoms with van der Waals surface area (Å²) in [6.07, 6.45) is 1.98. The molecule has 0 saturated heterocycles. The van der Waals surface area contributed by atoms with E-state index in [4.69, 9.17) is 4.74 Å². The fraction of sp³-hybridized carbons (Fsp3) is 0.190. The van der Waals surface area contributed by atoms with E-state index < -0.39 is 18.0 Å². The van der Waals surface area contributed by atoms with Gasteiger partial charge in [0.25, 0.3) is 0 Å². The number of para-hydroxylation sites is 1. The Morgan fingerprint density at radius 2 is 1.90 bits per heavy atom. The van der Waals surface area contributed by atoms with Gasteiger partial charge in [-0.25, -0.2) is 9.59 Å². The average Bonchev–Trinajstić information content (AvgIpc) is 3.12. The lowest BCUT2D eigenvalue weighted by Gasteiger charge is -2.32. The Hall–Kier alpha value is -3.26. The zero-order chi connectivity index (χ0) is 20.4. The molecule has 0 aliphatic carbocycles. The maximum absolute atomic E-state index is 12.8. The van der Waals surface area contributed by atoms with Crippen molar-refractivity contribution in [3.05, 3.63) is 71.4 Å². The van der Waals surface area contributed by atoms with Gasteiger partial charge < -0.3 is 15.4 Å². The summed E-state index contributed by atoms with van der Waals surface area (Å²) in [6.45, 7) is -0.242. The lowest BCUT2D eigenvalue weighted by atomic mass is 9.96. The Kier molecular flexibility index (Phi) is 5.26. The quantitative estimate of drug-likeness (QED) is 0.586. The van der Waals surface area contributed by atoms with Gasteiger partial charge in [-0.1, -0.05) is 30.3 Å². The molecule has 2 N–H and O–H groups in total. The molecule has 3 amide bonds. The number of thioether (sulfide) groups is 1. The number of urea groups is 1. The lowest BCUT2D eigenvalue weighted by Crippen LogP contribution is -2.49. The van der Waals surface area contributed by atoms with E-state index in [1.165, 1.54) is 4.90 Å². The van der Waals surface area contributed by atoms with Crippen LogP contribution in [0.4, 0.5) is 10.5 Å². The van der Waals surface area contributed by atoms with Crippen molar-refractivity contribution >= 4 is 35.4 Å². The molecule has 2 aliphatic heterocycles. The normalized spacial score (nSPS) is 18.2. The Bertz CT molecular complexity index is 989. The van der Waals surface area contributed by atoms with Crippen LogP contribution in [0.5, 0.6) is 0 Å². The van der Waals surface area contributed by atoms with E-state index in [1.54, 1.807) is 36.0 Å². The Morgan fingerprint density at radius 3 is 2.59 bits per heavy atom. The molecule has 0 fully saturated rings. The average molecular weight is 409 g/mol. The van der Waals surface area contributed by atoms with Crippen LogP contribution < -0.4 is 10.6 Å². The number of hydrogen-bond acceptors (Lipinski definition) is 5. The number of ether oxygens (including phenoxy) is 1. The Balaban J connectivity index is 1.59. The van der Waals surface area contributed by atoms with Crippen molar-refractivity contribution in [2.45, 2.75) is 10.9 Å². The molecule has 2 aliphatic rings. The van der Waals surface area contributed by atoms with Crippen LogP contribution in [-0.2, 0) is 14.3 Å². The fourth-order valence-electron chi connectivity index (χ4n) is 3.39. The minimum Gasteiger partial charge on any atom is -0.456 e. The zero-order valence-corrected chi connectivity index (χ0v) is 16.5. The number of nitrogens with zero attached hydrogens (tertiary/aromatic N) is 1. The molecule has 7 nitrogen and oxygen atoms in total. The summed E-state index contributed by atoms with van der Waals surface area (Å²) < 4.78 is 5.19. The molecule has 2 aromatic rings. The molecule has 0 aromatic heterocycles. The first-order chi connectivity index (χ1) is 14.1. The van der Waals surface area contributed by atoms with Gasteiger partial charge in [0.05, 0.1) is 17.3 Å². The zero-order valence-electron chi connectivity index (χ0n) is 15.7. The predicted octanol–water partition coefficient (Wildman–Crippen LogP) is 2.92. The van der Waals surface area contributed by atoms with Gasteiger partial charge in [0.2, 0.25) is 5.91 Å². The minimum absolute atomic E-state index is 0.0282. The molecule has 2 aromatic carbocycles. The fourth-order valence-corrected chi connectivity index (χ4v) is 3.80. The van der Waals surface area contributed by atoms with Gasteiger partial charge in [-0.3, -0.25) is 9.69 Å². The number of amides is 3. The summed E-state index contributed by atoms with van der Waals surface area (Å²) in [4.78, 5) is 39.9. The number of carbonyl (C=O) groups excluding carboxylic acids is 3. The van der Waals surface area contributed by atoms with E-state index in [2.05, 4.69) is 10.6 Å². The van der Waals surface area contributed by atoms with Crippen molar-refractivity contribution in [2.24, 2.45) is 0 Å². The van der Waals surface area contributed by atoms with Crippen molar-refractivity contribution in [1.82, 2.24) is 10.2 Å². The highest BCUT2D eigenvalue weighted by molar-refractivity contribution is 7.98. The van der Waals surface area contributed by atoms with Crippen LogP contribution in [0.2, 0.25) is 0 Å². The number of carbonyl (C=O) groups is 3. The first kappa shape index (κ1) is 19.1. The van der Waals surface area contributed by atoms with E-state index in [0.29, 0.717) is 17.0 Å². The number of anilines is 1.